The second-order valence-electron chi connectivity index (χ2n) is 3.99. The van der Waals surface area contributed by atoms with Crippen molar-refractivity contribution in [3.63, 3.8) is 0 Å². The Bertz CT molecular complexity index is 537. The molecule has 0 aromatic heterocycles. The molecule has 0 aliphatic heterocycles. The fraction of sp³-hybridized carbons (Fsp3) is 0.417. The van der Waals surface area contributed by atoms with E-state index < -0.39 is 21.4 Å². The van der Waals surface area contributed by atoms with Gasteiger partial charge in [-0.05, 0) is 40.5 Å². The van der Waals surface area contributed by atoms with Gasteiger partial charge < -0.3 is 4.74 Å². The normalized spacial score (nSPS) is 11.3. The van der Waals surface area contributed by atoms with E-state index >= 15 is 0 Å². The zero-order chi connectivity index (χ0) is 13.8. The number of halogens is 1. The van der Waals surface area contributed by atoms with Crippen LogP contribution in [0.5, 0.6) is 5.75 Å². The molecule has 0 unspecified atom stereocenters. The Morgan fingerprint density at radius 1 is 1.39 bits per heavy atom. The summed E-state index contributed by atoms with van der Waals surface area (Å²) in [5, 5.41) is 0. The van der Waals surface area contributed by atoms with Crippen molar-refractivity contribution in [2.24, 2.45) is 0 Å². The van der Waals surface area contributed by atoms with Gasteiger partial charge in [0.15, 0.2) is 15.6 Å². The maximum atomic E-state index is 11.7. The number of Topliss-reactive ketones (excluding diaryl/α,β-unsaturated/α-hetero) is 1. The minimum Gasteiger partial charge on any atom is -0.492 e. The lowest BCUT2D eigenvalue weighted by atomic mass is 10.1. The van der Waals surface area contributed by atoms with Gasteiger partial charge in [0.1, 0.15) is 11.5 Å². The molecule has 18 heavy (non-hydrogen) atoms. The average Bonchev–Trinajstić information content (AvgIpc) is 2.25. The van der Waals surface area contributed by atoms with E-state index in [1.165, 1.54) is 0 Å². The van der Waals surface area contributed by atoms with Gasteiger partial charge >= 0.3 is 0 Å². The Balaban J connectivity index is 2.87. The zero-order valence-corrected chi connectivity index (χ0v) is 12.7. The van der Waals surface area contributed by atoms with E-state index in [1.54, 1.807) is 18.2 Å². The van der Waals surface area contributed by atoms with E-state index in [1.807, 2.05) is 6.92 Å². The lowest BCUT2D eigenvalue weighted by Crippen LogP contribution is -2.14. The lowest BCUT2D eigenvalue weighted by molar-refractivity contribution is 0.102. The van der Waals surface area contributed by atoms with Gasteiger partial charge in [0.2, 0.25) is 0 Å². The molecule has 1 rings (SSSR count). The van der Waals surface area contributed by atoms with Gasteiger partial charge in [0.25, 0.3) is 0 Å². The van der Waals surface area contributed by atoms with Crippen molar-refractivity contribution in [2.45, 2.75) is 13.3 Å². The summed E-state index contributed by atoms with van der Waals surface area (Å²) in [6.45, 7) is 2.59. The highest BCUT2D eigenvalue weighted by atomic mass is 79.9. The number of hydrogen-bond donors (Lipinski definition) is 0. The summed E-state index contributed by atoms with van der Waals surface area (Å²) in [7, 11) is -3.30. The molecule has 4 nitrogen and oxygen atoms in total. The third kappa shape index (κ3) is 4.78. The molecule has 0 radical (unpaired) electrons. The first-order valence-electron chi connectivity index (χ1n) is 5.46. The van der Waals surface area contributed by atoms with Crippen LogP contribution in [0.4, 0.5) is 0 Å². The quantitative estimate of drug-likeness (QED) is 0.750. The fourth-order valence-electron chi connectivity index (χ4n) is 1.32. The Morgan fingerprint density at radius 2 is 2.06 bits per heavy atom. The van der Waals surface area contributed by atoms with E-state index in [2.05, 4.69) is 15.9 Å². The van der Waals surface area contributed by atoms with Crippen molar-refractivity contribution in [2.75, 3.05) is 18.6 Å². The van der Waals surface area contributed by atoms with Gasteiger partial charge in [0.05, 0.1) is 11.1 Å². The number of ether oxygens (including phenoxy) is 1. The number of ketones is 1. The molecule has 0 atom stereocenters. The first-order chi connectivity index (χ1) is 8.33. The van der Waals surface area contributed by atoms with Crippen LogP contribution in [-0.4, -0.2) is 32.8 Å². The summed E-state index contributed by atoms with van der Waals surface area (Å²) in [6, 6.07) is 4.82. The molecule has 0 spiro atoms. The largest absolute Gasteiger partial charge is 0.492 e. The van der Waals surface area contributed by atoms with E-state index in [0.717, 1.165) is 12.7 Å². The maximum absolute atomic E-state index is 11.7. The van der Waals surface area contributed by atoms with Gasteiger partial charge in [-0.15, -0.1) is 0 Å². The predicted octanol–water partition coefficient (Wildman–Crippen LogP) is 2.47. The van der Waals surface area contributed by atoms with Crippen LogP contribution in [0.2, 0.25) is 0 Å². The molecule has 0 aliphatic carbocycles. The van der Waals surface area contributed by atoms with E-state index in [4.69, 9.17) is 4.74 Å². The summed E-state index contributed by atoms with van der Waals surface area (Å²) in [5.41, 5.74) is 0.358. The predicted molar refractivity (Wildman–Crippen MR) is 74.0 cm³/mol. The van der Waals surface area contributed by atoms with Gasteiger partial charge in [-0.3, -0.25) is 4.79 Å². The van der Waals surface area contributed by atoms with E-state index in [9.17, 15) is 13.2 Å². The fourth-order valence-corrected chi connectivity index (χ4v) is 2.46. The monoisotopic (exact) mass is 334 g/mol. The van der Waals surface area contributed by atoms with Crippen molar-refractivity contribution in [3.8, 4) is 5.75 Å². The highest BCUT2D eigenvalue weighted by molar-refractivity contribution is 9.10. The van der Waals surface area contributed by atoms with E-state index in [-0.39, 0.29) is 0 Å². The van der Waals surface area contributed by atoms with Gasteiger partial charge in [0, 0.05) is 11.8 Å². The van der Waals surface area contributed by atoms with Gasteiger partial charge in [-0.2, -0.15) is 0 Å². The summed E-state index contributed by atoms with van der Waals surface area (Å²) < 4.78 is 28.2. The minimum atomic E-state index is -3.30. The Hall–Kier alpha value is -0.880. The third-order valence-electron chi connectivity index (χ3n) is 2.11. The molecule has 1 aromatic rings. The first-order valence-corrected chi connectivity index (χ1v) is 8.32. The summed E-state index contributed by atoms with van der Waals surface area (Å²) in [5.74, 6) is -0.248. The Morgan fingerprint density at radius 3 is 2.56 bits per heavy atom. The third-order valence-corrected chi connectivity index (χ3v) is 3.52. The molecule has 0 heterocycles. The number of carbonyl (C=O) groups excluding carboxylic acids is 1. The van der Waals surface area contributed by atoms with Crippen LogP contribution < -0.4 is 4.74 Å². The molecule has 0 N–H and O–H groups in total. The number of hydrogen-bond acceptors (Lipinski definition) is 4. The van der Waals surface area contributed by atoms with Crippen LogP contribution in [-0.2, 0) is 9.84 Å². The molecule has 1 aromatic carbocycles. The molecular formula is C12H15BrO4S. The number of carbonyl (C=O) groups is 1. The highest BCUT2D eigenvalue weighted by Crippen LogP contribution is 2.26. The van der Waals surface area contributed by atoms with Crippen LogP contribution in [0.1, 0.15) is 23.7 Å². The molecule has 0 bridgehead atoms. The number of rotatable bonds is 6. The van der Waals surface area contributed by atoms with Crippen molar-refractivity contribution >= 4 is 31.6 Å². The second-order valence-corrected chi connectivity index (χ2v) is 6.98. The smallest absolute Gasteiger partial charge is 0.177 e. The van der Waals surface area contributed by atoms with Crippen molar-refractivity contribution in [3.05, 3.63) is 28.2 Å². The van der Waals surface area contributed by atoms with Crippen molar-refractivity contribution in [1.82, 2.24) is 0 Å². The molecule has 0 amide bonds. The van der Waals surface area contributed by atoms with E-state index in [0.29, 0.717) is 22.4 Å². The first kappa shape index (κ1) is 15.2. The molecule has 6 heteroatoms. The SMILES string of the molecule is CCCOc1ccc(C(=O)CS(C)(=O)=O)cc1Br. The summed E-state index contributed by atoms with van der Waals surface area (Å²) in [4.78, 5) is 11.7. The number of benzene rings is 1. The summed E-state index contributed by atoms with van der Waals surface area (Å²) in [6.07, 6.45) is 1.93. The molecule has 0 fully saturated rings. The van der Waals surface area contributed by atoms with Crippen LogP contribution in [0.3, 0.4) is 0 Å². The number of sulfone groups is 1. The lowest BCUT2D eigenvalue weighted by Gasteiger charge is -2.08. The zero-order valence-electron chi connectivity index (χ0n) is 10.3. The Kier molecular flexibility index (Phi) is 5.34. The van der Waals surface area contributed by atoms with Gasteiger partial charge in [-0.25, -0.2) is 8.42 Å². The molecule has 0 saturated carbocycles. The van der Waals surface area contributed by atoms with Gasteiger partial charge in [-0.1, -0.05) is 6.92 Å². The van der Waals surface area contributed by atoms with Crippen LogP contribution >= 0.6 is 15.9 Å². The standard InChI is InChI=1S/C12H15BrO4S/c1-3-6-17-12-5-4-9(7-10(12)13)11(14)8-18(2,15)16/h4-5,7H,3,6,8H2,1-2H3. The molecular weight excluding hydrogens is 320 g/mol. The minimum absolute atomic E-state index is 0.358. The molecule has 100 valence electrons. The topological polar surface area (TPSA) is 60.4 Å². The van der Waals surface area contributed by atoms with Crippen LogP contribution in [0.15, 0.2) is 22.7 Å². The summed E-state index contributed by atoms with van der Waals surface area (Å²) >= 11 is 3.30. The second kappa shape index (κ2) is 6.33. The van der Waals surface area contributed by atoms with Crippen LogP contribution in [0, 0.1) is 0 Å². The molecule has 0 saturated heterocycles. The van der Waals surface area contributed by atoms with Crippen LogP contribution in [0.25, 0.3) is 0 Å². The molecule has 0 aliphatic rings. The Labute approximate surface area is 115 Å². The highest BCUT2D eigenvalue weighted by Gasteiger charge is 2.14. The maximum Gasteiger partial charge on any atom is 0.177 e. The average molecular weight is 335 g/mol. The van der Waals surface area contributed by atoms with Crippen molar-refractivity contribution in [1.29, 1.82) is 0 Å². The van der Waals surface area contributed by atoms with Crippen molar-refractivity contribution < 1.29 is 17.9 Å².